The predicted molar refractivity (Wildman–Crippen MR) is 78.8 cm³/mol. The fourth-order valence-electron chi connectivity index (χ4n) is 1.22. The lowest BCUT2D eigenvalue weighted by Gasteiger charge is -2.11. The van der Waals surface area contributed by atoms with Crippen LogP contribution >= 0.6 is 22.6 Å². The molecule has 0 spiro atoms. The minimum absolute atomic E-state index is 0.00522. The Morgan fingerprint density at radius 1 is 1.40 bits per heavy atom. The van der Waals surface area contributed by atoms with Crippen molar-refractivity contribution in [1.29, 1.82) is 0 Å². The van der Waals surface area contributed by atoms with Crippen molar-refractivity contribution in [2.75, 3.05) is 11.3 Å². The van der Waals surface area contributed by atoms with E-state index in [0.29, 0.717) is 3.57 Å². The van der Waals surface area contributed by atoms with E-state index in [4.69, 9.17) is 5.11 Å². The molecule has 1 rings (SSSR count). The summed E-state index contributed by atoms with van der Waals surface area (Å²) in [5, 5.41) is 9.00. The van der Waals surface area contributed by atoms with Gasteiger partial charge in [0.05, 0.1) is 17.9 Å². The molecule has 0 fully saturated rings. The van der Waals surface area contributed by atoms with Crippen LogP contribution in [0.4, 0.5) is 10.5 Å². The molecule has 0 aliphatic heterocycles. The molecule has 110 valence electrons. The Balaban J connectivity index is 2.98. The van der Waals surface area contributed by atoms with Gasteiger partial charge in [0.2, 0.25) is 0 Å². The Kier molecular flexibility index (Phi) is 5.56. The lowest BCUT2D eigenvalue weighted by atomic mass is 10.2. The van der Waals surface area contributed by atoms with Crippen molar-refractivity contribution in [2.24, 2.45) is 0 Å². The molecule has 0 aromatic heterocycles. The van der Waals surface area contributed by atoms with E-state index in [1.165, 1.54) is 25.1 Å². The number of hydrogen-bond donors (Lipinski definition) is 3. The second-order valence-corrected chi connectivity index (χ2v) is 6.08. The number of carboxylic acid groups (broad SMARTS) is 1. The van der Waals surface area contributed by atoms with E-state index in [9.17, 15) is 18.0 Å². The van der Waals surface area contributed by atoms with E-state index >= 15 is 0 Å². The summed E-state index contributed by atoms with van der Waals surface area (Å²) >= 11 is 1.89. The Morgan fingerprint density at radius 2 is 2.05 bits per heavy atom. The summed E-state index contributed by atoms with van der Waals surface area (Å²) in [5.41, 5.74) is -0.388. The smallest absolute Gasteiger partial charge is 0.422 e. The summed E-state index contributed by atoms with van der Waals surface area (Å²) < 4.78 is 31.9. The van der Waals surface area contributed by atoms with Crippen molar-refractivity contribution >= 4 is 50.6 Å². The van der Waals surface area contributed by atoms with Crippen LogP contribution in [0.3, 0.4) is 0 Å². The average Bonchev–Trinajstić information content (AvgIpc) is 2.30. The molecule has 0 saturated heterocycles. The Hall–Kier alpha value is -1.56. The van der Waals surface area contributed by atoms with Gasteiger partial charge in [-0.05, 0) is 47.7 Å². The fraction of sp³-hybridized carbons (Fsp3) is 0.200. The first kappa shape index (κ1) is 16.5. The van der Waals surface area contributed by atoms with Crippen LogP contribution in [0.15, 0.2) is 18.2 Å². The standard InChI is InChI=1S/C10H11IN2O6S/c1-2-19-10(16)13-20(17,18)12-8-4-3-6(11)5-7(8)9(14)15/h3-5,12H,2H2,1H3,(H,13,16)(H,14,15). The van der Waals surface area contributed by atoms with Crippen molar-refractivity contribution in [3.63, 3.8) is 0 Å². The maximum atomic E-state index is 11.6. The van der Waals surface area contributed by atoms with Crippen LogP contribution < -0.4 is 9.44 Å². The Bertz CT molecular complexity index is 631. The van der Waals surface area contributed by atoms with Gasteiger partial charge >= 0.3 is 22.3 Å². The molecule has 1 aromatic carbocycles. The number of aromatic carboxylic acids is 1. The predicted octanol–water partition coefficient (Wildman–Crippen LogP) is 1.39. The van der Waals surface area contributed by atoms with Crippen LogP contribution in [0, 0.1) is 3.57 Å². The van der Waals surface area contributed by atoms with E-state index < -0.39 is 22.3 Å². The number of hydrogen-bond acceptors (Lipinski definition) is 5. The summed E-state index contributed by atoms with van der Waals surface area (Å²) in [6.45, 7) is 1.52. The van der Waals surface area contributed by atoms with E-state index in [1.807, 2.05) is 27.3 Å². The number of halogens is 1. The topological polar surface area (TPSA) is 122 Å². The van der Waals surface area contributed by atoms with Gasteiger partial charge in [-0.15, -0.1) is 0 Å². The highest BCUT2D eigenvalue weighted by Crippen LogP contribution is 2.19. The van der Waals surface area contributed by atoms with Crippen LogP contribution in [-0.2, 0) is 14.9 Å². The summed E-state index contributed by atoms with van der Waals surface area (Å²) in [6, 6.07) is 4.11. The summed E-state index contributed by atoms with van der Waals surface area (Å²) in [5.74, 6) is -1.29. The SMILES string of the molecule is CCOC(=O)NS(=O)(=O)Nc1ccc(I)cc1C(=O)O. The number of rotatable bonds is 5. The van der Waals surface area contributed by atoms with Crippen molar-refractivity contribution in [3.8, 4) is 0 Å². The van der Waals surface area contributed by atoms with Gasteiger partial charge in [-0.3, -0.25) is 4.72 Å². The van der Waals surface area contributed by atoms with Gasteiger partial charge < -0.3 is 9.84 Å². The average molecular weight is 414 g/mol. The molecule has 0 heterocycles. The monoisotopic (exact) mass is 414 g/mol. The zero-order valence-corrected chi connectivity index (χ0v) is 13.2. The first-order valence-corrected chi connectivity index (χ1v) is 7.81. The molecule has 3 N–H and O–H groups in total. The van der Waals surface area contributed by atoms with E-state index in [-0.39, 0.29) is 17.9 Å². The van der Waals surface area contributed by atoms with Crippen molar-refractivity contribution < 1.29 is 27.9 Å². The lowest BCUT2D eigenvalue weighted by molar-refractivity contribution is 0.0698. The number of nitrogens with one attached hydrogen (secondary N) is 2. The van der Waals surface area contributed by atoms with Gasteiger partial charge in [-0.25, -0.2) is 14.3 Å². The largest absolute Gasteiger partial charge is 0.478 e. The van der Waals surface area contributed by atoms with Crippen molar-refractivity contribution in [3.05, 3.63) is 27.3 Å². The van der Waals surface area contributed by atoms with Gasteiger partial charge in [0, 0.05) is 3.57 Å². The highest BCUT2D eigenvalue weighted by atomic mass is 127. The van der Waals surface area contributed by atoms with Gasteiger partial charge in [-0.1, -0.05) is 0 Å². The third-order valence-corrected chi connectivity index (χ3v) is 3.54. The van der Waals surface area contributed by atoms with Gasteiger partial charge in [0.15, 0.2) is 0 Å². The molecule has 0 radical (unpaired) electrons. The first-order chi connectivity index (χ1) is 9.25. The number of carbonyl (C=O) groups excluding carboxylic acids is 1. The van der Waals surface area contributed by atoms with Gasteiger partial charge in [0.25, 0.3) is 0 Å². The zero-order valence-electron chi connectivity index (χ0n) is 10.2. The van der Waals surface area contributed by atoms with Crippen LogP contribution in [0.25, 0.3) is 0 Å². The molecule has 0 aliphatic rings. The molecule has 10 heteroatoms. The number of anilines is 1. The first-order valence-electron chi connectivity index (χ1n) is 5.25. The van der Waals surface area contributed by atoms with Crippen LogP contribution in [0.5, 0.6) is 0 Å². The minimum Gasteiger partial charge on any atom is -0.478 e. The summed E-state index contributed by atoms with van der Waals surface area (Å²) in [4.78, 5) is 22.1. The van der Waals surface area contributed by atoms with Crippen LogP contribution in [-0.4, -0.2) is 32.2 Å². The number of carbonyl (C=O) groups is 2. The molecule has 8 nitrogen and oxygen atoms in total. The number of amides is 1. The Morgan fingerprint density at radius 3 is 2.60 bits per heavy atom. The summed E-state index contributed by atoms with van der Waals surface area (Å²) in [6.07, 6.45) is -1.15. The number of benzene rings is 1. The van der Waals surface area contributed by atoms with Crippen molar-refractivity contribution in [1.82, 2.24) is 4.72 Å². The molecular formula is C10H11IN2O6S. The fourth-order valence-corrected chi connectivity index (χ4v) is 2.51. The molecule has 1 aromatic rings. The second kappa shape index (κ2) is 6.74. The van der Waals surface area contributed by atoms with E-state index in [0.717, 1.165) is 0 Å². The third kappa shape index (κ3) is 4.85. The highest BCUT2D eigenvalue weighted by Gasteiger charge is 2.19. The second-order valence-electron chi connectivity index (χ2n) is 3.42. The molecule has 0 bridgehead atoms. The molecule has 20 heavy (non-hydrogen) atoms. The minimum atomic E-state index is -4.27. The Labute approximate surface area is 128 Å². The van der Waals surface area contributed by atoms with Gasteiger partial charge in [-0.2, -0.15) is 8.42 Å². The molecule has 1 amide bonds. The molecule has 0 atom stereocenters. The highest BCUT2D eigenvalue weighted by molar-refractivity contribution is 14.1. The zero-order chi connectivity index (χ0) is 15.3. The maximum absolute atomic E-state index is 11.6. The normalized spacial score (nSPS) is 10.7. The summed E-state index contributed by atoms with van der Waals surface area (Å²) in [7, 11) is -4.27. The van der Waals surface area contributed by atoms with Gasteiger partial charge in [0.1, 0.15) is 0 Å². The quantitative estimate of drug-likeness (QED) is 0.627. The molecule has 0 saturated carbocycles. The van der Waals surface area contributed by atoms with E-state index in [1.54, 1.807) is 4.72 Å². The van der Waals surface area contributed by atoms with Crippen LogP contribution in [0.2, 0.25) is 0 Å². The van der Waals surface area contributed by atoms with E-state index in [2.05, 4.69) is 4.74 Å². The maximum Gasteiger partial charge on any atom is 0.422 e. The number of ether oxygens (including phenoxy) is 1. The number of carboxylic acids is 1. The third-order valence-electron chi connectivity index (χ3n) is 1.95. The lowest BCUT2D eigenvalue weighted by Crippen LogP contribution is -2.36. The molecule has 0 aliphatic carbocycles. The van der Waals surface area contributed by atoms with Crippen molar-refractivity contribution in [2.45, 2.75) is 6.92 Å². The molecule has 0 unspecified atom stereocenters. The van der Waals surface area contributed by atoms with Crippen LogP contribution in [0.1, 0.15) is 17.3 Å². The molecular weight excluding hydrogens is 403 g/mol.